The van der Waals surface area contributed by atoms with Crippen LogP contribution in [0.4, 0.5) is 5.69 Å². The van der Waals surface area contributed by atoms with E-state index in [1.54, 1.807) is 0 Å². The molecule has 0 heterocycles. The quantitative estimate of drug-likeness (QED) is 0.395. The molecule has 0 aromatic heterocycles. The van der Waals surface area contributed by atoms with Gasteiger partial charge in [-0.05, 0) is 68.0 Å². The molecule has 0 saturated heterocycles. The molecule has 0 bridgehead atoms. The Kier molecular flexibility index (Phi) is 7.30. The highest BCUT2D eigenvalue weighted by atomic mass is 14.9. The Hall–Kier alpha value is -3.06. The Bertz CT molecular complexity index is 1040. The highest BCUT2D eigenvalue weighted by Crippen LogP contribution is 2.32. The van der Waals surface area contributed by atoms with Crippen molar-refractivity contribution >= 4 is 11.3 Å². The van der Waals surface area contributed by atoms with Gasteiger partial charge in [0.2, 0.25) is 0 Å². The van der Waals surface area contributed by atoms with E-state index in [0.717, 1.165) is 12.8 Å². The minimum Gasteiger partial charge on any atom is -0.358 e. The molecule has 0 aliphatic heterocycles. The average molecular weight is 396 g/mol. The minimum absolute atomic E-state index is 1.00. The summed E-state index contributed by atoms with van der Waals surface area (Å²) in [5.41, 5.74) is 11.4. The van der Waals surface area contributed by atoms with Crippen molar-refractivity contribution in [2.75, 3.05) is 5.32 Å². The van der Waals surface area contributed by atoms with E-state index in [4.69, 9.17) is 0 Å². The van der Waals surface area contributed by atoms with Crippen LogP contribution in [0.3, 0.4) is 0 Å². The maximum atomic E-state index is 3.83. The Morgan fingerprint density at radius 3 is 2.20 bits per heavy atom. The van der Waals surface area contributed by atoms with Gasteiger partial charge >= 0.3 is 0 Å². The van der Waals surface area contributed by atoms with Gasteiger partial charge in [0.25, 0.3) is 0 Å². The van der Waals surface area contributed by atoms with Gasteiger partial charge in [-0.2, -0.15) is 0 Å². The van der Waals surface area contributed by atoms with Crippen molar-refractivity contribution in [2.45, 2.75) is 47.5 Å². The molecular weight excluding hydrogens is 362 g/mol. The zero-order valence-corrected chi connectivity index (χ0v) is 18.9. The van der Waals surface area contributed by atoms with Crippen molar-refractivity contribution in [3.63, 3.8) is 0 Å². The molecule has 154 valence electrons. The van der Waals surface area contributed by atoms with Gasteiger partial charge in [0.1, 0.15) is 0 Å². The van der Waals surface area contributed by atoms with Crippen LogP contribution in [0.2, 0.25) is 0 Å². The summed E-state index contributed by atoms with van der Waals surface area (Å²) >= 11 is 0. The first kappa shape index (κ1) is 21.6. The summed E-state index contributed by atoms with van der Waals surface area (Å²) in [6.45, 7) is 10.9. The smallest absolute Gasteiger partial charge is 0.0420 e. The lowest BCUT2D eigenvalue weighted by Crippen LogP contribution is -2.05. The number of hydrogen-bond donors (Lipinski definition) is 1. The van der Waals surface area contributed by atoms with Crippen LogP contribution < -0.4 is 5.32 Å². The van der Waals surface area contributed by atoms with E-state index in [9.17, 15) is 0 Å². The molecule has 0 amide bonds. The van der Waals surface area contributed by atoms with Gasteiger partial charge in [-0.25, -0.2) is 0 Å². The highest BCUT2D eigenvalue weighted by molar-refractivity contribution is 5.81. The number of aryl methyl sites for hydroxylation is 2. The van der Waals surface area contributed by atoms with Crippen LogP contribution in [-0.2, 0) is 0 Å². The fraction of sp³-hybridized carbons (Fsp3) is 0.241. The van der Waals surface area contributed by atoms with Crippen LogP contribution >= 0.6 is 0 Å². The van der Waals surface area contributed by atoms with Crippen molar-refractivity contribution < 1.29 is 0 Å². The second-order valence-corrected chi connectivity index (χ2v) is 7.96. The summed E-state index contributed by atoms with van der Waals surface area (Å²) in [4.78, 5) is 0. The van der Waals surface area contributed by atoms with Gasteiger partial charge in [0.05, 0.1) is 0 Å². The fourth-order valence-corrected chi connectivity index (χ4v) is 3.73. The largest absolute Gasteiger partial charge is 0.358 e. The summed E-state index contributed by atoms with van der Waals surface area (Å²) in [5, 5.41) is 3.83. The zero-order valence-electron chi connectivity index (χ0n) is 18.9. The van der Waals surface area contributed by atoms with Crippen molar-refractivity contribution in [1.82, 2.24) is 0 Å². The van der Waals surface area contributed by atoms with Crippen molar-refractivity contribution in [3.05, 3.63) is 107 Å². The second kappa shape index (κ2) is 10.1. The molecule has 0 fully saturated rings. The van der Waals surface area contributed by atoms with Crippen LogP contribution in [0.25, 0.3) is 16.7 Å². The molecule has 3 aromatic rings. The molecule has 0 atom stereocenters. The third-order valence-corrected chi connectivity index (χ3v) is 5.58. The molecule has 0 unspecified atom stereocenters. The van der Waals surface area contributed by atoms with Crippen molar-refractivity contribution in [3.8, 4) is 11.1 Å². The van der Waals surface area contributed by atoms with Gasteiger partial charge in [-0.1, -0.05) is 91.7 Å². The first-order valence-electron chi connectivity index (χ1n) is 10.9. The monoisotopic (exact) mass is 395 g/mol. The third kappa shape index (κ3) is 5.10. The number of hydrogen-bond acceptors (Lipinski definition) is 1. The molecule has 0 aliphatic carbocycles. The summed E-state index contributed by atoms with van der Waals surface area (Å²) in [5.74, 6) is 0. The van der Waals surface area contributed by atoms with Crippen LogP contribution in [0.1, 0.15) is 48.9 Å². The number of anilines is 1. The fourth-order valence-electron chi connectivity index (χ4n) is 3.73. The van der Waals surface area contributed by atoms with Crippen LogP contribution in [-0.4, -0.2) is 0 Å². The van der Waals surface area contributed by atoms with E-state index in [-0.39, 0.29) is 0 Å². The maximum Gasteiger partial charge on any atom is 0.0420 e. The number of nitrogens with one attached hydrogen (secondary N) is 1. The molecular formula is C29H33N. The Labute approximate surface area is 182 Å². The van der Waals surface area contributed by atoms with Crippen LogP contribution in [0.5, 0.6) is 0 Å². The van der Waals surface area contributed by atoms with Gasteiger partial charge in [0, 0.05) is 17.0 Å². The minimum atomic E-state index is 1.00. The third-order valence-electron chi connectivity index (χ3n) is 5.58. The van der Waals surface area contributed by atoms with Gasteiger partial charge < -0.3 is 5.32 Å². The SMILES string of the molecule is C/C=C\C(=C(/CCC)Nc1cc(-c2ccccc2)cc(C)c1C)c1ccc(C)cc1. The van der Waals surface area contributed by atoms with E-state index < -0.39 is 0 Å². The summed E-state index contributed by atoms with van der Waals surface area (Å²) in [6.07, 6.45) is 6.45. The van der Waals surface area contributed by atoms with Gasteiger partial charge in [-0.15, -0.1) is 0 Å². The number of benzene rings is 3. The maximum absolute atomic E-state index is 3.83. The van der Waals surface area contributed by atoms with E-state index in [1.807, 2.05) is 0 Å². The predicted molar refractivity (Wildman–Crippen MR) is 133 cm³/mol. The Morgan fingerprint density at radius 1 is 0.867 bits per heavy atom. The van der Waals surface area contributed by atoms with E-state index in [1.165, 1.54) is 50.3 Å². The van der Waals surface area contributed by atoms with E-state index >= 15 is 0 Å². The standard InChI is InChI=1S/C29H33N/c1-6-11-27(25-17-15-21(3)16-18-25)28(12-7-2)30-29-20-26(19-22(4)23(29)5)24-13-9-8-10-14-24/h6,8-11,13-20,30H,7,12H2,1-5H3/b11-6-,28-27-. The van der Waals surface area contributed by atoms with Gasteiger partial charge in [-0.3, -0.25) is 0 Å². The first-order chi connectivity index (χ1) is 14.5. The lowest BCUT2D eigenvalue weighted by Gasteiger charge is -2.19. The number of rotatable bonds is 7. The van der Waals surface area contributed by atoms with Crippen LogP contribution in [0.15, 0.2) is 84.6 Å². The predicted octanol–water partition coefficient (Wildman–Crippen LogP) is 8.48. The summed E-state index contributed by atoms with van der Waals surface area (Å²) < 4.78 is 0. The van der Waals surface area contributed by atoms with E-state index in [0.29, 0.717) is 0 Å². The topological polar surface area (TPSA) is 12.0 Å². The van der Waals surface area contributed by atoms with Crippen LogP contribution in [0, 0.1) is 20.8 Å². The zero-order chi connectivity index (χ0) is 21.5. The molecule has 30 heavy (non-hydrogen) atoms. The summed E-state index contributed by atoms with van der Waals surface area (Å²) in [7, 11) is 0. The molecule has 3 aromatic carbocycles. The Morgan fingerprint density at radius 2 is 1.57 bits per heavy atom. The molecule has 0 aliphatic rings. The van der Waals surface area contributed by atoms with Gasteiger partial charge in [0.15, 0.2) is 0 Å². The number of allylic oxidation sites excluding steroid dienone is 4. The summed E-state index contributed by atoms with van der Waals surface area (Å²) in [6, 6.07) is 24.0. The second-order valence-electron chi connectivity index (χ2n) is 7.96. The normalized spacial score (nSPS) is 12.2. The average Bonchev–Trinajstić information content (AvgIpc) is 2.76. The molecule has 1 nitrogen and oxygen atoms in total. The molecule has 0 radical (unpaired) electrons. The molecule has 0 saturated carbocycles. The van der Waals surface area contributed by atoms with Crippen molar-refractivity contribution in [2.24, 2.45) is 0 Å². The Balaban J connectivity index is 2.10. The first-order valence-corrected chi connectivity index (χ1v) is 10.9. The molecule has 1 heteroatoms. The van der Waals surface area contributed by atoms with Crippen molar-refractivity contribution in [1.29, 1.82) is 0 Å². The highest BCUT2D eigenvalue weighted by Gasteiger charge is 2.11. The molecule has 3 rings (SSSR count). The molecule has 1 N–H and O–H groups in total. The molecule has 0 spiro atoms. The lowest BCUT2D eigenvalue weighted by molar-refractivity contribution is 0.911. The van der Waals surface area contributed by atoms with E-state index in [2.05, 4.69) is 119 Å². The lowest BCUT2D eigenvalue weighted by atomic mass is 9.97.